The van der Waals surface area contributed by atoms with Crippen LogP contribution >= 0.6 is 0 Å². The van der Waals surface area contributed by atoms with Crippen LogP contribution in [0.25, 0.3) is 0 Å². The van der Waals surface area contributed by atoms with Crippen LogP contribution in [-0.4, -0.2) is 99.6 Å². The fourth-order valence-electron chi connectivity index (χ4n) is 4.13. The van der Waals surface area contributed by atoms with E-state index >= 15 is 0 Å². The van der Waals surface area contributed by atoms with Crippen LogP contribution in [0.4, 0.5) is 0 Å². The lowest BCUT2D eigenvalue weighted by molar-refractivity contribution is -0.278. The number of aliphatic hydroxyl groups is 4. The fraction of sp³-hybridized carbons (Fsp3) is 0.941. The molecule has 0 aromatic heterocycles. The van der Waals surface area contributed by atoms with Crippen molar-refractivity contribution in [3.63, 3.8) is 0 Å². The standard InChI is InChI=1S/C17H30N2O6/c20-12-13(21)15(25-17(24)14(12)22)16(23)19-8-6-18(7-9-19)10-11-4-2-1-3-5-11/h11-15,17,20-22,24H,1-10H2/t12-,13-,14+,15-,17?/m0/s1. The Balaban J connectivity index is 1.49. The quantitative estimate of drug-likeness (QED) is 0.486. The number of rotatable bonds is 3. The molecular formula is C17H30N2O6. The number of aliphatic hydroxyl groups excluding tert-OH is 4. The fourth-order valence-corrected chi connectivity index (χ4v) is 4.13. The summed E-state index contributed by atoms with van der Waals surface area (Å²) in [4.78, 5) is 16.6. The number of hydrogen-bond acceptors (Lipinski definition) is 7. The molecule has 1 saturated carbocycles. The minimum Gasteiger partial charge on any atom is -0.387 e. The third-order valence-corrected chi connectivity index (χ3v) is 5.76. The molecule has 3 fully saturated rings. The second-order valence-electron chi connectivity index (χ2n) is 7.55. The summed E-state index contributed by atoms with van der Waals surface area (Å²) in [5.74, 6) is 0.307. The third kappa shape index (κ3) is 4.32. The molecule has 5 atom stereocenters. The van der Waals surface area contributed by atoms with Gasteiger partial charge in [0.05, 0.1) is 0 Å². The highest BCUT2D eigenvalue weighted by molar-refractivity contribution is 5.82. The number of nitrogens with zero attached hydrogens (tertiary/aromatic N) is 2. The van der Waals surface area contributed by atoms with Crippen molar-refractivity contribution in [1.82, 2.24) is 9.80 Å². The van der Waals surface area contributed by atoms with Gasteiger partial charge in [0.15, 0.2) is 12.4 Å². The van der Waals surface area contributed by atoms with Gasteiger partial charge in [0.2, 0.25) is 0 Å². The summed E-state index contributed by atoms with van der Waals surface area (Å²) in [5, 5.41) is 38.8. The van der Waals surface area contributed by atoms with Gasteiger partial charge in [-0.1, -0.05) is 19.3 Å². The van der Waals surface area contributed by atoms with Gasteiger partial charge in [0, 0.05) is 32.7 Å². The van der Waals surface area contributed by atoms with Crippen LogP contribution in [-0.2, 0) is 9.53 Å². The van der Waals surface area contributed by atoms with Crippen LogP contribution < -0.4 is 0 Å². The van der Waals surface area contributed by atoms with Crippen LogP contribution in [0, 0.1) is 5.92 Å². The smallest absolute Gasteiger partial charge is 0.254 e. The molecule has 1 amide bonds. The predicted octanol–water partition coefficient (Wildman–Crippen LogP) is -1.49. The first-order valence-electron chi connectivity index (χ1n) is 9.36. The molecule has 2 saturated heterocycles. The van der Waals surface area contributed by atoms with E-state index in [9.17, 15) is 25.2 Å². The molecule has 0 bridgehead atoms. The normalized spacial score (nSPS) is 38.7. The van der Waals surface area contributed by atoms with Gasteiger partial charge in [-0.3, -0.25) is 9.69 Å². The molecule has 0 aromatic rings. The van der Waals surface area contributed by atoms with E-state index in [2.05, 4.69) is 4.90 Å². The number of hydrogen-bond donors (Lipinski definition) is 4. The SMILES string of the molecule is O=C([C@H]1OC(O)[C@H](O)[C@@H](O)[C@@H]1O)N1CCN(CC2CCCCC2)CC1. The first-order chi connectivity index (χ1) is 12.0. The van der Waals surface area contributed by atoms with Crippen LogP contribution in [0.2, 0.25) is 0 Å². The Kier molecular flexibility index (Phi) is 6.30. The molecule has 144 valence electrons. The summed E-state index contributed by atoms with van der Waals surface area (Å²) in [6.07, 6.45) is -1.25. The maximum atomic E-state index is 12.6. The first-order valence-corrected chi connectivity index (χ1v) is 9.36. The number of ether oxygens (including phenoxy) is 1. The Morgan fingerprint density at radius 3 is 2.16 bits per heavy atom. The van der Waals surface area contributed by atoms with Gasteiger partial charge >= 0.3 is 0 Å². The van der Waals surface area contributed by atoms with E-state index in [1.54, 1.807) is 4.90 Å². The van der Waals surface area contributed by atoms with E-state index in [0.717, 1.165) is 25.6 Å². The first kappa shape index (κ1) is 19.0. The van der Waals surface area contributed by atoms with Crippen molar-refractivity contribution in [2.24, 2.45) is 5.92 Å². The second-order valence-corrected chi connectivity index (χ2v) is 7.55. The molecule has 0 spiro atoms. The minimum atomic E-state index is -1.68. The minimum absolute atomic E-state index is 0.449. The van der Waals surface area contributed by atoms with Gasteiger partial charge in [0.25, 0.3) is 5.91 Å². The van der Waals surface area contributed by atoms with Crippen LogP contribution in [0.1, 0.15) is 32.1 Å². The largest absolute Gasteiger partial charge is 0.387 e. The van der Waals surface area contributed by atoms with E-state index in [0.29, 0.717) is 13.1 Å². The maximum absolute atomic E-state index is 12.6. The van der Waals surface area contributed by atoms with Crippen molar-refractivity contribution in [1.29, 1.82) is 0 Å². The summed E-state index contributed by atoms with van der Waals surface area (Å²) < 4.78 is 5.04. The zero-order chi connectivity index (χ0) is 18.0. The number of carbonyl (C=O) groups excluding carboxylic acids is 1. The van der Waals surface area contributed by atoms with E-state index < -0.39 is 36.6 Å². The zero-order valence-electron chi connectivity index (χ0n) is 14.5. The van der Waals surface area contributed by atoms with Gasteiger partial charge in [-0.25, -0.2) is 0 Å². The molecule has 2 heterocycles. The highest BCUT2D eigenvalue weighted by Gasteiger charge is 2.47. The lowest BCUT2D eigenvalue weighted by Crippen LogP contribution is -2.63. The number of carbonyl (C=O) groups is 1. The predicted molar refractivity (Wildman–Crippen MR) is 88.5 cm³/mol. The van der Waals surface area contributed by atoms with Crippen molar-refractivity contribution in [3.8, 4) is 0 Å². The Morgan fingerprint density at radius 2 is 1.52 bits per heavy atom. The average molecular weight is 358 g/mol. The highest BCUT2D eigenvalue weighted by atomic mass is 16.6. The summed E-state index contributed by atoms with van der Waals surface area (Å²) in [7, 11) is 0. The van der Waals surface area contributed by atoms with Gasteiger partial charge in [-0.05, 0) is 18.8 Å². The van der Waals surface area contributed by atoms with Crippen molar-refractivity contribution >= 4 is 5.91 Å². The number of amides is 1. The van der Waals surface area contributed by atoms with Crippen molar-refractivity contribution < 1.29 is 30.0 Å². The van der Waals surface area contributed by atoms with Gasteiger partial charge < -0.3 is 30.1 Å². The second kappa shape index (κ2) is 8.28. The molecule has 1 aliphatic carbocycles. The molecule has 25 heavy (non-hydrogen) atoms. The Labute approximate surface area is 148 Å². The maximum Gasteiger partial charge on any atom is 0.254 e. The monoisotopic (exact) mass is 358 g/mol. The van der Waals surface area contributed by atoms with Crippen molar-refractivity contribution in [2.75, 3.05) is 32.7 Å². The number of piperazine rings is 1. The lowest BCUT2D eigenvalue weighted by Gasteiger charge is -2.42. The van der Waals surface area contributed by atoms with Gasteiger partial charge in [0.1, 0.15) is 18.3 Å². The van der Waals surface area contributed by atoms with Crippen LogP contribution in [0.5, 0.6) is 0 Å². The Bertz CT molecular complexity index is 450. The van der Waals surface area contributed by atoms with E-state index in [1.165, 1.54) is 32.1 Å². The van der Waals surface area contributed by atoms with E-state index in [-0.39, 0.29) is 0 Å². The molecule has 8 heteroatoms. The Morgan fingerprint density at radius 1 is 0.880 bits per heavy atom. The van der Waals surface area contributed by atoms with E-state index in [1.807, 2.05) is 0 Å². The third-order valence-electron chi connectivity index (χ3n) is 5.76. The van der Waals surface area contributed by atoms with Gasteiger partial charge in [-0.15, -0.1) is 0 Å². The average Bonchev–Trinajstić information content (AvgIpc) is 2.64. The molecule has 0 radical (unpaired) electrons. The molecule has 3 aliphatic rings. The topological polar surface area (TPSA) is 114 Å². The lowest BCUT2D eigenvalue weighted by atomic mass is 9.89. The molecule has 8 nitrogen and oxygen atoms in total. The van der Waals surface area contributed by atoms with Crippen LogP contribution in [0.15, 0.2) is 0 Å². The molecule has 2 aliphatic heterocycles. The Hall–Kier alpha value is -0.770. The summed E-state index contributed by atoms with van der Waals surface area (Å²) >= 11 is 0. The van der Waals surface area contributed by atoms with E-state index in [4.69, 9.17) is 4.74 Å². The van der Waals surface area contributed by atoms with Gasteiger partial charge in [-0.2, -0.15) is 0 Å². The highest BCUT2D eigenvalue weighted by Crippen LogP contribution is 2.25. The molecule has 3 rings (SSSR count). The molecule has 4 N–H and O–H groups in total. The van der Waals surface area contributed by atoms with Crippen molar-refractivity contribution in [2.45, 2.75) is 62.8 Å². The molecular weight excluding hydrogens is 328 g/mol. The summed E-state index contributed by atoms with van der Waals surface area (Å²) in [6, 6.07) is 0. The zero-order valence-corrected chi connectivity index (χ0v) is 14.5. The molecule has 0 aromatic carbocycles. The summed E-state index contributed by atoms with van der Waals surface area (Å²) in [5.41, 5.74) is 0. The summed E-state index contributed by atoms with van der Waals surface area (Å²) in [6.45, 7) is 3.70. The van der Waals surface area contributed by atoms with Crippen LogP contribution in [0.3, 0.4) is 0 Å². The van der Waals surface area contributed by atoms with Crippen molar-refractivity contribution in [3.05, 3.63) is 0 Å². The molecule has 1 unspecified atom stereocenters.